The van der Waals surface area contributed by atoms with Gasteiger partial charge in [-0.25, -0.2) is 14.1 Å². The van der Waals surface area contributed by atoms with Gasteiger partial charge in [-0.15, -0.1) is 0 Å². The van der Waals surface area contributed by atoms with Crippen LogP contribution in [0.25, 0.3) is 0 Å². The molecule has 1 saturated heterocycles. The van der Waals surface area contributed by atoms with Gasteiger partial charge >= 0.3 is 6.09 Å². The number of nitrogens with two attached hydrogens (primary N) is 1. The average Bonchev–Trinajstić information content (AvgIpc) is 3.29. The van der Waals surface area contributed by atoms with Gasteiger partial charge in [0.2, 0.25) is 17.4 Å². The number of halogens is 1. The number of imide groups is 1. The molecule has 4 aliphatic rings. The molecule has 0 bridgehead atoms. The van der Waals surface area contributed by atoms with Crippen LogP contribution in [0.4, 0.5) is 14.9 Å². The summed E-state index contributed by atoms with van der Waals surface area (Å²) in [6.07, 6.45) is 3.38. The monoisotopic (exact) mass is 534 g/mol. The number of hydrogen-bond acceptors (Lipinski definition) is 6. The number of rotatable bonds is 4. The van der Waals surface area contributed by atoms with Crippen LogP contribution in [0.3, 0.4) is 0 Å². The van der Waals surface area contributed by atoms with Crippen LogP contribution in [-0.4, -0.2) is 51.7 Å². The molecular formula is C29H31FN4O5. The number of carbonyl (C=O) groups excluding carboxylic acids is 4. The van der Waals surface area contributed by atoms with Crippen LogP contribution < -0.4 is 11.1 Å². The molecular weight excluding hydrogens is 503 g/mol. The van der Waals surface area contributed by atoms with E-state index in [1.807, 2.05) is 6.92 Å². The third-order valence-electron chi connectivity index (χ3n) is 8.80. The van der Waals surface area contributed by atoms with Crippen LogP contribution >= 0.6 is 0 Å². The van der Waals surface area contributed by atoms with Crippen LogP contribution in [0.15, 0.2) is 36.4 Å². The number of hydrogen-bond donors (Lipinski definition) is 2. The maximum Gasteiger partial charge on any atom is 0.418 e. The van der Waals surface area contributed by atoms with E-state index in [1.165, 1.54) is 12.1 Å². The Hall–Kier alpha value is -3.79. The van der Waals surface area contributed by atoms with E-state index in [-0.39, 0.29) is 36.6 Å². The highest BCUT2D eigenvalue weighted by Gasteiger charge is 2.58. The molecule has 0 radical (unpaired) electrons. The van der Waals surface area contributed by atoms with Crippen molar-refractivity contribution in [2.24, 2.45) is 5.73 Å². The van der Waals surface area contributed by atoms with Gasteiger partial charge in [0.05, 0.1) is 5.54 Å². The average molecular weight is 535 g/mol. The van der Waals surface area contributed by atoms with E-state index < -0.39 is 29.7 Å². The van der Waals surface area contributed by atoms with Crippen molar-refractivity contribution >= 4 is 29.5 Å². The lowest BCUT2D eigenvalue weighted by molar-refractivity contribution is -0.143. The molecule has 39 heavy (non-hydrogen) atoms. The molecule has 10 heteroatoms. The lowest BCUT2D eigenvalue weighted by Crippen LogP contribution is -2.56. The Balaban J connectivity index is 1.18. The van der Waals surface area contributed by atoms with Crippen molar-refractivity contribution in [2.45, 2.75) is 75.6 Å². The number of anilines is 1. The number of benzene rings is 2. The Morgan fingerprint density at radius 1 is 1.08 bits per heavy atom. The van der Waals surface area contributed by atoms with Crippen molar-refractivity contribution in [3.05, 3.63) is 64.5 Å². The summed E-state index contributed by atoms with van der Waals surface area (Å²) >= 11 is 0. The van der Waals surface area contributed by atoms with E-state index in [4.69, 9.17) is 10.5 Å². The van der Waals surface area contributed by atoms with Gasteiger partial charge in [-0.05, 0) is 86.4 Å². The SMILES string of the molecule is C[C@@H]1CCc2cc(F)ccc2CN1C(=O)CN1C(=O)OC2(CCc3cc(NC(=O)C4(N)CCC4)ccc32)C1=O. The Morgan fingerprint density at radius 2 is 1.87 bits per heavy atom. The van der Waals surface area contributed by atoms with Crippen molar-refractivity contribution in [3.8, 4) is 0 Å². The van der Waals surface area contributed by atoms with E-state index in [0.29, 0.717) is 43.4 Å². The third kappa shape index (κ3) is 4.17. The smallest absolute Gasteiger partial charge is 0.418 e. The van der Waals surface area contributed by atoms with Crippen LogP contribution in [0.5, 0.6) is 0 Å². The van der Waals surface area contributed by atoms with Gasteiger partial charge in [-0.2, -0.15) is 0 Å². The number of carbonyl (C=O) groups is 4. The molecule has 9 nitrogen and oxygen atoms in total. The summed E-state index contributed by atoms with van der Waals surface area (Å²) in [5, 5.41) is 2.87. The summed E-state index contributed by atoms with van der Waals surface area (Å²) in [5.74, 6) is -1.48. The van der Waals surface area contributed by atoms with Crippen LogP contribution in [0.1, 0.15) is 61.3 Å². The van der Waals surface area contributed by atoms with Crippen molar-refractivity contribution in [3.63, 3.8) is 0 Å². The molecule has 3 N–H and O–H groups in total. The number of fused-ring (bicyclic) bond motifs is 3. The van der Waals surface area contributed by atoms with E-state index in [0.717, 1.165) is 28.0 Å². The summed E-state index contributed by atoms with van der Waals surface area (Å²) in [4.78, 5) is 55.0. The zero-order chi connectivity index (χ0) is 27.5. The fourth-order valence-corrected chi connectivity index (χ4v) is 6.17. The molecule has 2 fully saturated rings. The minimum absolute atomic E-state index is 0.149. The van der Waals surface area contributed by atoms with Gasteiger partial charge in [-0.3, -0.25) is 14.4 Å². The first-order valence-electron chi connectivity index (χ1n) is 13.5. The predicted octanol–water partition coefficient (Wildman–Crippen LogP) is 3.13. The topological polar surface area (TPSA) is 122 Å². The molecule has 1 unspecified atom stereocenters. The molecule has 4 amide bonds. The number of nitrogens with zero attached hydrogens (tertiary/aromatic N) is 2. The molecule has 2 aliphatic heterocycles. The zero-order valence-corrected chi connectivity index (χ0v) is 21.8. The number of ether oxygens (including phenoxy) is 1. The Morgan fingerprint density at radius 3 is 2.62 bits per heavy atom. The summed E-state index contributed by atoms with van der Waals surface area (Å²) in [6.45, 7) is 1.76. The number of aryl methyl sites for hydroxylation is 2. The molecule has 2 aromatic rings. The summed E-state index contributed by atoms with van der Waals surface area (Å²) in [7, 11) is 0. The second-order valence-corrected chi connectivity index (χ2v) is 11.2. The second-order valence-electron chi connectivity index (χ2n) is 11.2. The summed E-state index contributed by atoms with van der Waals surface area (Å²) in [6, 6.07) is 9.57. The largest absolute Gasteiger partial charge is 0.427 e. The molecule has 204 valence electrons. The quantitative estimate of drug-likeness (QED) is 0.622. The maximum absolute atomic E-state index is 13.7. The van der Waals surface area contributed by atoms with Crippen LogP contribution in [-0.2, 0) is 44.1 Å². The van der Waals surface area contributed by atoms with Crippen molar-refractivity contribution in [2.75, 3.05) is 11.9 Å². The Labute approximate surface area is 225 Å². The Bertz CT molecular complexity index is 1410. The first-order chi connectivity index (χ1) is 18.6. The van der Waals surface area contributed by atoms with Crippen molar-refractivity contribution in [1.29, 1.82) is 0 Å². The fourth-order valence-electron chi connectivity index (χ4n) is 6.17. The second kappa shape index (κ2) is 9.15. The van der Waals surface area contributed by atoms with E-state index in [2.05, 4.69) is 5.32 Å². The van der Waals surface area contributed by atoms with Gasteiger partial charge in [0.15, 0.2) is 0 Å². The maximum atomic E-state index is 13.7. The minimum Gasteiger partial charge on any atom is -0.427 e. The van der Waals surface area contributed by atoms with Gasteiger partial charge in [0.1, 0.15) is 12.4 Å². The molecule has 2 atom stereocenters. The highest BCUT2D eigenvalue weighted by atomic mass is 19.1. The van der Waals surface area contributed by atoms with E-state index in [9.17, 15) is 23.6 Å². The van der Waals surface area contributed by atoms with Crippen LogP contribution in [0, 0.1) is 5.82 Å². The fraction of sp³-hybridized carbons (Fsp3) is 0.448. The summed E-state index contributed by atoms with van der Waals surface area (Å²) in [5.41, 5.74) is 7.46. The van der Waals surface area contributed by atoms with Crippen molar-refractivity contribution < 1.29 is 28.3 Å². The van der Waals surface area contributed by atoms with Gasteiger partial charge in [-0.1, -0.05) is 12.1 Å². The predicted molar refractivity (Wildman–Crippen MR) is 139 cm³/mol. The first-order valence-corrected chi connectivity index (χ1v) is 13.5. The van der Waals surface area contributed by atoms with Gasteiger partial charge in [0.25, 0.3) is 5.91 Å². The van der Waals surface area contributed by atoms with Crippen molar-refractivity contribution in [1.82, 2.24) is 9.80 Å². The Kier molecular flexibility index (Phi) is 5.98. The molecule has 0 aromatic heterocycles. The third-order valence-corrected chi connectivity index (χ3v) is 8.80. The molecule has 6 rings (SSSR count). The lowest BCUT2D eigenvalue weighted by atomic mass is 9.77. The number of nitrogens with one attached hydrogen (secondary N) is 1. The molecule has 1 spiro atoms. The molecule has 2 aliphatic carbocycles. The lowest BCUT2D eigenvalue weighted by Gasteiger charge is -2.36. The van der Waals surface area contributed by atoms with E-state index >= 15 is 0 Å². The molecule has 1 saturated carbocycles. The summed E-state index contributed by atoms with van der Waals surface area (Å²) < 4.78 is 19.4. The normalized spacial score (nSPS) is 25.1. The first kappa shape index (κ1) is 25.5. The molecule has 2 heterocycles. The number of amides is 4. The van der Waals surface area contributed by atoms with E-state index in [1.54, 1.807) is 29.2 Å². The zero-order valence-electron chi connectivity index (χ0n) is 21.8. The van der Waals surface area contributed by atoms with Crippen LogP contribution in [0.2, 0.25) is 0 Å². The molecule has 2 aromatic carbocycles. The standard InChI is InChI=1S/C29H31FN4O5/c1-17-3-4-18-13-21(30)6-5-20(18)15-33(17)24(35)16-34-26(37)29(39-27(34)38)12-9-19-14-22(7-8-23(19)29)32-25(36)28(31)10-2-11-28/h5-8,13-14,17H,2-4,9-12,15-16,31H2,1H3,(H,32,36)/t17-,29?/m1/s1. The highest BCUT2D eigenvalue weighted by Crippen LogP contribution is 2.46. The highest BCUT2D eigenvalue weighted by molar-refractivity contribution is 6.06. The van der Waals surface area contributed by atoms with Gasteiger partial charge < -0.3 is 20.7 Å². The minimum atomic E-state index is -1.48. The van der Waals surface area contributed by atoms with Gasteiger partial charge in [0, 0.05) is 30.3 Å².